The lowest BCUT2D eigenvalue weighted by Gasteiger charge is -1.93. The van der Waals surface area contributed by atoms with Crippen molar-refractivity contribution in [3.63, 3.8) is 0 Å². The Bertz CT molecular complexity index is 516. The monoisotopic (exact) mass is 192 g/mol. The molecule has 1 aromatic carbocycles. The Labute approximate surface area is 79.2 Å². The number of rotatable bonds is 1. The van der Waals surface area contributed by atoms with Gasteiger partial charge in [-0.05, 0) is 18.2 Å². The number of phenols is 1. The predicted molar refractivity (Wildman–Crippen MR) is 49.3 cm³/mol. The van der Waals surface area contributed by atoms with E-state index in [2.05, 4.69) is 5.10 Å². The molecule has 0 unspecified atom stereocenters. The third-order valence-electron chi connectivity index (χ3n) is 2.04. The van der Waals surface area contributed by atoms with Crippen LogP contribution >= 0.6 is 0 Å². The number of hydrogen-bond acceptors (Lipinski definition) is 3. The van der Waals surface area contributed by atoms with Crippen molar-refractivity contribution in [3.8, 4) is 5.75 Å². The molecular weight excluding hydrogens is 184 g/mol. The molecule has 0 aliphatic rings. The molecule has 0 saturated carbocycles. The summed E-state index contributed by atoms with van der Waals surface area (Å²) in [6.45, 7) is 0. The Hall–Kier alpha value is -2.04. The molecule has 0 amide bonds. The number of carboxylic acid groups (broad SMARTS) is 1. The fourth-order valence-corrected chi connectivity index (χ4v) is 1.41. The highest BCUT2D eigenvalue weighted by atomic mass is 16.4. The van der Waals surface area contributed by atoms with Crippen molar-refractivity contribution in [1.29, 1.82) is 0 Å². The van der Waals surface area contributed by atoms with Crippen LogP contribution in [-0.2, 0) is 7.05 Å². The standard InChI is InChI=1S/C9H8N2O3/c1-11-7-3-2-5(12)4-6(7)8(10-11)9(13)14/h2-4,12H,1H3,(H,13,14). The maximum absolute atomic E-state index is 10.8. The molecule has 0 aliphatic heterocycles. The van der Waals surface area contributed by atoms with Gasteiger partial charge in [-0.1, -0.05) is 0 Å². The van der Waals surface area contributed by atoms with E-state index in [1.807, 2.05) is 0 Å². The van der Waals surface area contributed by atoms with Gasteiger partial charge in [0.05, 0.1) is 5.52 Å². The van der Waals surface area contributed by atoms with Crippen LogP contribution in [-0.4, -0.2) is 26.0 Å². The van der Waals surface area contributed by atoms with Crippen LogP contribution in [0.25, 0.3) is 10.9 Å². The van der Waals surface area contributed by atoms with E-state index >= 15 is 0 Å². The van der Waals surface area contributed by atoms with Crippen molar-refractivity contribution in [1.82, 2.24) is 9.78 Å². The van der Waals surface area contributed by atoms with Crippen LogP contribution in [0.5, 0.6) is 5.75 Å². The van der Waals surface area contributed by atoms with Crippen LogP contribution in [0.4, 0.5) is 0 Å². The van der Waals surface area contributed by atoms with E-state index in [1.54, 1.807) is 13.1 Å². The molecule has 2 rings (SSSR count). The molecule has 2 aromatic rings. The Balaban J connectivity index is 2.85. The zero-order valence-electron chi connectivity index (χ0n) is 7.43. The quantitative estimate of drug-likeness (QED) is 0.706. The highest BCUT2D eigenvalue weighted by Gasteiger charge is 2.14. The molecule has 5 nitrogen and oxygen atoms in total. The summed E-state index contributed by atoms with van der Waals surface area (Å²) < 4.78 is 1.47. The van der Waals surface area contributed by atoms with Crippen LogP contribution in [0.1, 0.15) is 10.5 Å². The number of aromatic carboxylic acids is 1. The van der Waals surface area contributed by atoms with E-state index in [4.69, 9.17) is 5.11 Å². The Kier molecular flexibility index (Phi) is 1.67. The van der Waals surface area contributed by atoms with Crippen LogP contribution in [0.3, 0.4) is 0 Å². The number of fused-ring (bicyclic) bond motifs is 1. The van der Waals surface area contributed by atoms with Crippen LogP contribution in [0.2, 0.25) is 0 Å². The SMILES string of the molecule is Cn1nc(C(=O)O)c2cc(O)ccc21. The molecule has 1 heterocycles. The molecule has 0 radical (unpaired) electrons. The van der Waals surface area contributed by atoms with E-state index in [-0.39, 0.29) is 11.4 Å². The minimum atomic E-state index is -1.10. The second-order valence-corrected chi connectivity index (χ2v) is 2.98. The van der Waals surface area contributed by atoms with Gasteiger partial charge in [-0.2, -0.15) is 5.10 Å². The summed E-state index contributed by atoms with van der Waals surface area (Å²) >= 11 is 0. The number of nitrogens with zero attached hydrogens (tertiary/aromatic N) is 2. The summed E-state index contributed by atoms with van der Waals surface area (Å²) in [4.78, 5) is 10.8. The number of aromatic hydroxyl groups is 1. The summed E-state index contributed by atoms with van der Waals surface area (Å²) in [6, 6.07) is 4.52. The molecule has 0 fully saturated rings. The van der Waals surface area contributed by atoms with Gasteiger partial charge in [-0.25, -0.2) is 4.79 Å². The van der Waals surface area contributed by atoms with Crippen molar-refractivity contribution < 1.29 is 15.0 Å². The number of aryl methyl sites for hydroxylation is 1. The number of benzene rings is 1. The van der Waals surface area contributed by atoms with Crippen molar-refractivity contribution in [2.45, 2.75) is 0 Å². The topological polar surface area (TPSA) is 75.4 Å². The smallest absolute Gasteiger partial charge is 0.357 e. The zero-order valence-corrected chi connectivity index (χ0v) is 7.43. The number of carbonyl (C=O) groups is 1. The molecular formula is C9H8N2O3. The highest BCUT2D eigenvalue weighted by Crippen LogP contribution is 2.22. The van der Waals surface area contributed by atoms with E-state index in [0.29, 0.717) is 10.9 Å². The van der Waals surface area contributed by atoms with Crippen LogP contribution in [0.15, 0.2) is 18.2 Å². The van der Waals surface area contributed by atoms with Gasteiger partial charge in [0.2, 0.25) is 0 Å². The van der Waals surface area contributed by atoms with E-state index < -0.39 is 5.97 Å². The minimum absolute atomic E-state index is 0.0352. The third kappa shape index (κ3) is 1.10. The first-order valence-electron chi connectivity index (χ1n) is 3.98. The van der Waals surface area contributed by atoms with E-state index in [1.165, 1.54) is 16.8 Å². The second kappa shape index (κ2) is 2.73. The fourth-order valence-electron chi connectivity index (χ4n) is 1.41. The van der Waals surface area contributed by atoms with Crippen LogP contribution < -0.4 is 0 Å². The van der Waals surface area contributed by atoms with Gasteiger partial charge in [0, 0.05) is 12.4 Å². The second-order valence-electron chi connectivity index (χ2n) is 2.98. The molecule has 0 spiro atoms. The maximum Gasteiger partial charge on any atom is 0.357 e. The Morgan fingerprint density at radius 1 is 1.50 bits per heavy atom. The molecule has 5 heteroatoms. The number of aromatic nitrogens is 2. The lowest BCUT2D eigenvalue weighted by atomic mass is 10.2. The fraction of sp³-hybridized carbons (Fsp3) is 0.111. The normalized spacial score (nSPS) is 10.6. The summed E-state index contributed by atoms with van der Waals surface area (Å²) in [5.41, 5.74) is 0.638. The average molecular weight is 192 g/mol. The largest absolute Gasteiger partial charge is 0.508 e. The summed E-state index contributed by atoms with van der Waals surface area (Å²) in [6.07, 6.45) is 0. The molecule has 0 bridgehead atoms. The number of hydrogen-bond donors (Lipinski definition) is 2. The van der Waals surface area contributed by atoms with Gasteiger partial charge in [0.25, 0.3) is 0 Å². The summed E-state index contributed by atoms with van der Waals surface area (Å²) in [7, 11) is 1.66. The Morgan fingerprint density at radius 3 is 2.86 bits per heavy atom. The molecule has 0 saturated heterocycles. The van der Waals surface area contributed by atoms with Crippen LogP contribution in [0, 0.1) is 0 Å². The summed E-state index contributed by atoms with van der Waals surface area (Å²) in [5, 5.41) is 22.3. The van der Waals surface area contributed by atoms with Crippen molar-refractivity contribution in [2.75, 3.05) is 0 Å². The zero-order chi connectivity index (χ0) is 10.3. The third-order valence-corrected chi connectivity index (χ3v) is 2.04. The summed E-state index contributed by atoms with van der Waals surface area (Å²) in [5.74, 6) is -1.06. The van der Waals surface area contributed by atoms with Gasteiger partial charge in [0.15, 0.2) is 5.69 Å². The van der Waals surface area contributed by atoms with E-state index in [9.17, 15) is 9.90 Å². The van der Waals surface area contributed by atoms with Crippen molar-refractivity contribution in [3.05, 3.63) is 23.9 Å². The van der Waals surface area contributed by atoms with Crippen molar-refractivity contribution in [2.24, 2.45) is 7.05 Å². The lowest BCUT2D eigenvalue weighted by Crippen LogP contribution is -1.99. The molecule has 14 heavy (non-hydrogen) atoms. The lowest BCUT2D eigenvalue weighted by molar-refractivity contribution is 0.0691. The first kappa shape index (κ1) is 8.55. The van der Waals surface area contributed by atoms with Gasteiger partial charge >= 0.3 is 5.97 Å². The number of carboxylic acids is 1. The molecule has 2 N–H and O–H groups in total. The predicted octanol–water partition coefficient (Wildman–Crippen LogP) is 0.977. The Morgan fingerprint density at radius 2 is 2.21 bits per heavy atom. The molecule has 1 aromatic heterocycles. The molecule has 0 aliphatic carbocycles. The van der Waals surface area contributed by atoms with Gasteiger partial charge in [-0.3, -0.25) is 4.68 Å². The highest BCUT2D eigenvalue weighted by molar-refractivity contribution is 6.01. The minimum Gasteiger partial charge on any atom is -0.508 e. The number of phenolic OH excluding ortho intramolecular Hbond substituents is 1. The van der Waals surface area contributed by atoms with Gasteiger partial charge in [-0.15, -0.1) is 0 Å². The molecule has 72 valence electrons. The average Bonchev–Trinajstić information content (AvgIpc) is 2.43. The van der Waals surface area contributed by atoms with Gasteiger partial charge < -0.3 is 10.2 Å². The maximum atomic E-state index is 10.8. The van der Waals surface area contributed by atoms with Crippen molar-refractivity contribution >= 4 is 16.9 Å². The first-order valence-corrected chi connectivity index (χ1v) is 3.98. The molecule has 0 atom stereocenters. The first-order chi connectivity index (χ1) is 6.59. The van der Waals surface area contributed by atoms with E-state index in [0.717, 1.165) is 0 Å². The van der Waals surface area contributed by atoms with Gasteiger partial charge in [0.1, 0.15) is 5.75 Å².